The normalized spacial score (nSPS) is 11.6. The van der Waals surface area contributed by atoms with Crippen LogP contribution in [-0.4, -0.2) is 37.8 Å². The summed E-state index contributed by atoms with van der Waals surface area (Å²) in [5, 5.41) is 0. The number of hydrogen-bond acceptors (Lipinski definition) is 5. The molecule has 0 bridgehead atoms. The maximum absolute atomic E-state index is 12.8. The Balaban J connectivity index is 1.94. The number of benzene rings is 1. The molecule has 0 unspecified atom stereocenters. The van der Waals surface area contributed by atoms with E-state index in [1.165, 1.54) is 4.57 Å². The third kappa shape index (κ3) is 5.52. The fraction of sp³-hybridized carbons (Fsp3) is 0.350. The van der Waals surface area contributed by atoms with Crippen molar-refractivity contribution in [2.45, 2.75) is 38.8 Å². The second kappa shape index (κ2) is 9.64. The maximum atomic E-state index is 12.8. The fourth-order valence-electron chi connectivity index (χ4n) is 3.27. The van der Waals surface area contributed by atoms with E-state index in [-0.39, 0.29) is 30.7 Å². The van der Waals surface area contributed by atoms with Gasteiger partial charge in [0.1, 0.15) is 11.3 Å². The minimum atomic E-state index is -4.08. The Bertz CT molecular complexity index is 1360. The molecule has 0 radical (unpaired) electrons. The Morgan fingerprint density at radius 1 is 1.16 bits per heavy atom. The van der Waals surface area contributed by atoms with E-state index in [4.69, 9.17) is 11.0 Å². The minimum absolute atomic E-state index is 0.129. The summed E-state index contributed by atoms with van der Waals surface area (Å²) in [7, 11) is -4.08. The molecule has 0 saturated heterocycles. The summed E-state index contributed by atoms with van der Waals surface area (Å²) in [5.41, 5.74) is 0.303. The molecule has 0 saturated carbocycles. The molecular formula is C20H21BrN4O5S. The summed E-state index contributed by atoms with van der Waals surface area (Å²) < 4.78 is 34.0. The predicted molar refractivity (Wildman–Crippen MR) is 121 cm³/mol. The molecule has 0 spiro atoms. The van der Waals surface area contributed by atoms with Gasteiger partial charge in [-0.3, -0.25) is 13.9 Å². The van der Waals surface area contributed by atoms with Crippen LogP contribution in [0.25, 0.3) is 11.2 Å². The van der Waals surface area contributed by atoms with Gasteiger partial charge in [0.2, 0.25) is 0 Å². The molecule has 11 heteroatoms. The van der Waals surface area contributed by atoms with Crippen molar-refractivity contribution >= 4 is 37.2 Å². The molecule has 3 rings (SSSR count). The third-order valence-corrected chi connectivity index (χ3v) is 6.36. The Labute approximate surface area is 187 Å². The number of terminal acetylenes is 1. The van der Waals surface area contributed by atoms with Gasteiger partial charge in [-0.15, -0.1) is 6.42 Å². The van der Waals surface area contributed by atoms with Gasteiger partial charge in [0.05, 0.1) is 12.3 Å². The van der Waals surface area contributed by atoms with Crippen LogP contribution < -0.4 is 11.2 Å². The summed E-state index contributed by atoms with van der Waals surface area (Å²) in [5.74, 6) is 2.44. The van der Waals surface area contributed by atoms with Gasteiger partial charge in [-0.05, 0) is 30.9 Å². The van der Waals surface area contributed by atoms with E-state index in [1.807, 2.05) is 24.3 Å². The number of aryl methyl sites for hydroxylation is 3. The molecule has 9 nitrogen and oxygen atoms in total. The predicted octanol–water partition coefficient (Wildman–Crippen LogP) is 1.74. The van der Waals surface area contributed by atoms with Crippen LogP contribution in [0.15, 0.2) is 38.3 Å². The van der Waals surface area contributed by atoms with Gasteiger partial charge < -0.3 is 4.98 Å². The van der Waals surface area contributed by atoms with Crippen LogP contribution in [-0.2, 0) is 36.0 Å². The molecule has 0 aliphatic rings. The van der Waals surface area contributed by atoms with Crippen molar-refractivity contribution in [2.24, 2.45) is 0 Å². The lowest BCUT2D eigenvalue weighted by Gasteiger charge is -2.09. The molecule has 164 valence electrons. The molecular weight excluding hydrogens is 488 g/mol. The van der Waals surface area contributed by atoms with Crippen molar-refractivity contribution in [1.82, 2.24) is 19.1 Å². The van der Waals surface area contributed by atoms with Gasteiger partial charge in [-0.25, -0.2) is 14.3 Å². The number of imidazole rings is 1. The molecule has 1 aromatic carbocycles. The largest absolute Gasteiger partial charge is 0.336 e. The van der Waals surface area contributed by atoms with Gasteiger partial charge in [-0.2, -0.15) is 8.42 Å². The van der Waals surface area contributed by atoms with Crippen molar-refractivity contribution in [2.75, 3.05) is 5.75 Å². The Morgan fingerprint density at radius 2 is 1.90 bits per heavy atom. The van der Waals surface area contributed by atoms with Crippen LogP contribution in [0.1, 0.15) is 24.2 Å². The van der Waals surface area contributed by atoms with Gasteiger partial charge in [0.25, 0.3) is 15.7 Å². The molecule has 2 N–H and O–H groups in total. The van der Waals surface area contributed by atoms with Crippen LogP contribution in [0.2, 0.25) is 0 Å². The molecule has 31 heavy (non-hydrogen) atoms. The number of halogens is 1. The van der Waals surface area contributed by atoms with Gasteiger partial charge in [0, 0.05) is 17.4 Å². The number of nitrogens with zero attached hydrogens (tertiary/aromatic N) is 3. The van der Waals surface area contributed by atoms with Crippen molar-refractivity contribution in [3.05, 3.63) is 61.0 Å². The van der Waals surface area contributed by atoms with E-state index in [1.54, 1.807) is 0 Å². The molecule has 0 fully saturated rings. The van der Waals surface area contributed by atoms with Gasteiger partial charge in [0.15, 0.2) is 5.65 Å². The highest BCUT2D eigenvalue weighted by atomic mass is 79.9. The fourth-order valence-corrected chi connectivity index (χ4v) is 4.33. The zero-order valence-electron chi connectivity index (χ0n) is 16.5. The van der Waals surface area contributed by atoms with Crippen LogP contribution in [0.4, 0.5) is 0 Å². The summed E-state index contributed by atoms with van der Waals surface area (Å²) >= 11 is 3.50. The Kier molecular flexibility index (Phi) is 7.15. The van der Waals surface area contributed by atoms with E-state index >= 15 is 0 Å². The van der Waals surface area contributed by atoms with Crippen molar-refractivity contribution < 1.29 is 13.0 Å². The Morgan fingerprint density at radius 3 is 2.58 bits per heavy atom. The second-order valence-corrected chi connectivity index (χ2v) is 9.42. The van der Waals surface area contributed by atoms with E-state index < -0.39 is 27.1 Å². The third-order valence-electron chi connectivity index (χ3n) is 4.78. The first kappa shape index (κ1) is 23.0. The van der Waals surface area contributed by atoms with E-state index in [0.29, 0.717) is 25.1 Å². The molecule has 0 atom stereocenters. The first-order valence-corrected chi connectivity index (χ1v) is 12.0. The first-order valence-electron chi connectivity index (χ1n) is 9.55. The lowest BCUT2D eigenvalue weighted by molar-refractivity contribution is 0.477. The molecule has 0 aliphatic heterocycles. The average Bonchev–Trinajstić information content (AvgIpc) is 3.13. The maximum Gasteiger partial charge on any atom is 0.333 e. The highest BCUT2D eigenvalue weighted by Crippen LogP contribution is 2.18. The monoisotopic (exact) mass is 508 g/mol. The molecule has 2 heterocycles. The summed E-state index contributed by atoms with van der Waals surface area (Å²) in [6.07, 6.45) is 6.94. The summed E-state index contributed by atoms with van der Waals surface area (Å²) in [6, 6.07) is 7.78. The molecule has 3 aromatic rings. The average molecular weight is 509 g/mol. The van der Waals surface area contributed by atoms with Crippen LogP contribution in [0.5, 0.6) is 0 Å². The number of nitrogens with one attached hydrogen (secondary N) is 1. The van der Waals surface area contributed by atoms with Crippen LogP contribution in [0.3, 0.4) is 0 Å². The van der Waals surface area contributed by atoms with Crippen molar-refractivity contribution in [1.29, 1.82) is 0 Å². The smallest absolute Gasteiger partial charge is 0.333 e. The summed E-state index contributed by atoms with van der Waals surface area (Å²) in [4.78, 5) is 33.1. The highest BCUT2D eigenvalue weighted by molar-refractivity contribution is 9.10. The van der Waals surface area contributed by atoms with Crippen LogP contribution >= 0.6 is 15.9 Å². The SMILES string of the molecule is C#CCn1c(=O)c2[nH]c(CCc3ccccc3Br)nc2n(CCCCS(=O)(=O)O)c1=O. The number of hydrogen-bond donors (Lipinski definition) is 2. The lowest BCUT2D eigenvalue weighted by atomic mass is 10.1. The number of unbranched alkanes of at least 4 members (excludes halogenated alkanes) is 1. The number of rotatable bonds is 9. The number of fused-ring (bicyclic) bond motifs is 1. The molecule has 2 aromatic heterocycles. The van der Waals surface area contributed by atoms with Gasteiger partial charge >= 0.3 is 5.69 Å². The number of aromatic nitrogens is 4. The van der Waals surface area contributed by atoms with Crippen molar-refractivity contribution in [3.8, 4) is 12.3 Å². The zero-order valence-corrected chi connectivity index (χ0v) is 18.9. The minimum Gasteiger partial charge on any atom is -0.336 e. The van der Waals surface area contributed by atoms with Gasteiger partial charge in [-0.1, -0.05) is 40.0 Å². The Hall–Kier alpha value is -2.68. The molecule has 0 aliphatic carbocycles. The second-order valence-electron chi connectivity index (χ2n) is 7.00. The number of aromatic amines is 1. The first-order chi connectivity index (χ1) is 14.7. The lowest BCUT2D eigenvalue weighted by Crippen LogP contribution is -2.40. The summed E-state index contributed by atoms with van der Waals surface area (Å²) in [6.45, 7) is -0.0613. The number of H-pyrrole nitrogens is 1. The van der Waals surface area contributed by atoms with E-state index in [9.17, 15) is 18.0 Å². The van der Waals surface area contributed by atoms with Crippen molar-refractivity contribution in [3.63, 3.8) is 0 Å². The quantitative estimate of drug-likeness (QED) is 0.257. The molecule has 0 amide bonds. The van der Waals surface area contributed by atoms with Crippen LogP contribution in [0, 0.1) is 12.3 Å². The standard InChI is InChI=1S/C20H21BrN4O5S/c1-2-11-25-19(26)17-18(24(20(25)27)12-5-6-13-31(28,29)30)23-16(22-17)10-9-14-7-3-4-8-15(14)21/h1,3-4,7-8H,5-6,9-13H2,(H,22,23)(H,28,29,30). The van der Waals surface area contributed by atoms with E-state index in [2.05, 4.69) is 31.8 Å². The van der Waals surface area contributed by atoms with E-state index in [0.717, 1.165) is 14.6 Å². The topological polar surface area (TPSA) is 127 Å². The zero-order chi connectivity index (χ0) is 22.6. The highest BCUT2D eigenvalue weighted by Gasteiger charge is 2.17.